The summed E-state index contributed by atoms with van der Waals surface area (Å²) < 4.78 is 2.39. The number of benzene rings is 2. The second kappa shape index (κ2) is 17.2. The van der Waals surface area contributed by atoms with Crippen molar-refractivity contribution in [2.45, 2.75) is 72.8 Å². The highest BCUT2D eigenvalue weighted by atomic mass is 15.1. The lowest BCUT2D eigenvalue weighted by Crippen LogP contribution is -2.07. The van der Waals surface area contributed by atoms with E-state index in [4.69, 9.17) is 0 Å². The Morgan fingerprint density at radius 1 is 0.806 bits per heavy atom. The second-order valence-corrected chi connectivity index (χ2v) is 8.78. The lowest BCUT2D eigenvalue weighted by Gasteiger charge is -2.12. The number of nitrogens with one attached hydrogen (secondary N) is 1. The Morgan fingerprint density at radius 3 is 2.08 bits per heavy atom. The predicted octanol–water partition coefficient (Wildman–Crippen LogP) is 8.68. The molecule has 0 saturated carbocycles. The van der Waals surface area contributed by atoms with Crippen LogP contribution in [0.15, 0.2) is 91.2 Å². The summed E-state index contributed by atoms with van der Waals surface area (Å²) in [6.45, 7) is 9.84. The molecule has 0 spiro atoms. The highest BCUT2D eigenvalue weighted by molar-refractivity contribution is 5.64. The van der Waals surface area contributed by atoms with Gasteiger partial charge in [-0.1, -0.05) is 107 Å². The van der Waals surface area contributed by atoms with Gasteiger partial charge in [0.25, 0.3) is 0 Å². The second-order valence-electron chi connectivity index (χ2n) is 8.78. The van der Waals surface area contributed by atoms with Crippen LogP contribution < -0.4 is 5.32 Å². The molecule has 0 saturated heterocycles. The fraction of sp³-hybridized carbons (Fsp3) is 0.364. The van der Waals surface area contributed by atoms with Gasteiger partial charge in [-0.05, 0) is 60.9 Å². The Bertz CT molecular complexity index is 1050. The molecule has 1 heterocycles. The van der Waals surface area contributed by atoms with Gasteiger partial charge >= 0.3 is 0 Å². The predicted molar refractivity (Wildman–Crippen MR) is 159 cm³/mol. The third kappa shape index (κ3) is 9.73. The van der Waals surface area contributed by atoms with Crippen LogP contribution in [0.5, 0.6) is 0 Å². The molecule has 1 aromatic heterocycles. The Kier molecular flexibility index (Phi) is 13.8. The average molecular weight is 484 g/mol. The van der Waals surface area contributed by atoms with Gasteiger partial charge in [0, 0.05) is 31.2 Å². The number of imidazole rings is 1. The van der Waals surface area contributed by atoms with Crippen LogP contribution in [-0.2, 0) is 25.8 Å². The highest BCUT2D eigenvalue weighted by Gasteiger charge is 2.12. The van der Waals surface area contributed by atoms with Crippen molar-refractivity contribution in [3.05, 3.63) is 114 Å². The van der Waals surface area contributed by atoms with Crippen LogP contribution in [0.1, 0.15) is 69.6 Å². The molecule has 192 valence electrons. The van der Waals surface area contributed by atoms with E-state index in [1.54, 1.807) is 0 Å². The Labute approximate surface area is 219 Å². The maximum Gasteiger partial charge on any atom is 0.136 e. The van der Waals surface area contributed by atoms with Crippen LogP contribution in [0.3, 0.4) is 0 Å². The van der Waals surface area contributed by atoms with Gasteiger partial charge in [0.2, 0.25) is 0 Å². The lowest BCUT2D eigenvalue weighted by molar-refractivity contribution is 0.604. The van der Waals surface area contributed by atoms with Crippen molar-refractivity contribution in [2.24, 2.45) is 0 Å². The zero-order valence-electron chi connectivity index (χ0n) is 23.0. The molecule has 1 aliphatic carbocycles. The first kappa shape index (κ1) is 28.9. The van der Waals surface area contributed by atoms with Crippen LogP contribution in [-0.4, -0.2) is 16.6 Å². The number of rotatable bonds is 8. The van der Waals surface area contributed by atoms with Crippen LogP contribution in [0.25, 0.3) is 5.57 Å². The van der Waals surface area contributed by atoms with Gasteiger partial charge in [0.15, 0.2) is 0 Å². The van der Waals surface area contributed by atoms with Gasteiger partial charge in [0.05, 0.1) is 0 Å². The smallest absolute Gasteiger partial charge is 0.136 e. The molecule has 0 amide bonds. The molecule has 0 radical (unpaired) electrons. The zero-order valence-corrected chi connectivity index (χ0v) is 23.0. The number of hydrogen-bond acceptors (Lipinski definition) is 2. The summed E-state index contributed by atoms with van der Waals surface area (Å²) in [7, 11) is 1.93. The number of nitrogens with zero attached hydrogens (tertiary/aromatic N) is 2. The third-order valence-corrected chi connectivity index (χ3v) is 6.22. The van der Waals surface area contributed by atoms with Gasteiger partial charge < -0.3 is 9.88 Å². The molecule has 36 heavy (non-hydrogen) atoms. The standard InChI is InChI=1S/C16H22N2.C9H13N.C8H10/c1-3-5-12-18-15(4-2)13-17-16(18)14-10-8-6-7-9-11-14;1-3-8-4-6-9(10-2)7-5-8;1-2-8-6-4-3-5-7-8/h6-10,13H,3-5,11-12H2,1-2H3;4-7,10H,3H2,1-2H3;3-7H,2H2,1H3. The SMILES string of the molecule is CCCCn1c(CC)cnc1C1=CC=CC=CC1.CCc1ccc(NC)cc1.CCc1ccccc1. The lowest BCUT2D eigenvalue weighted by atomic mass is 10.1. The van der Waals surface area contributed by atoms with Crippen molar-refractivity contribution in [3.8, 4) is 0 Å². The molecular formula is C33H45N3. The van der Waals surface area contributed by atoms with Gasteiger partial charge in [-0.15, -0.1) is 0 Å². The van der Waals surface area contributed by atoms with E-state index in [-0.39, 0.29) is 0 Å². The summed E-state index contributed by atoms with van der Waals surface area (Å²) in [5.41, 5.74) is 6.64. The van der Waals surface area contributed by atoms with Crippen molar-refractivity contribution in [1.29, 1.82) is 0 Å². The van der Waals surface area contributed by atoms with Crippen molar-refractivity contribution in [1.82, 2.24) is 9.55 Å². The summed E-state index contributed by atoms with van der Waals surface area (Å²) in [4.78, 5) is 4.63. The van der Waals surface area contributed by atoms with Gasteiger partial charge in [0.1, 0.15) is 5.82 Å². The van der Waals surface area contributed by atoms with E-state index in [2.05, 4.69) is 121 Å². The maximum atomic E-state index is 4.63. The molecule has 4 rings (SSSR count). The average Bonchev–Trinajstić information content (AvgIpc) is 3.16. The summed E-state index contributed by atoms with van der Waals surface area (Å²) in [6.07, 6.45) is 19.4. The first-order valence-corrected chi connectivity index (χ1v) is 13.5. The van der Waals surface area contributed by atoms with Crippen LogP contribution in [0.4, 0.5) is 5.69 Å². The van der Waals surface area contributed by atoms with Crippen molar-refractivity contribution < 1.29 is 0 Å². The number of allylic oxidation sites excluding steroid dienone is 6. The minimum atomic E-state index is 0.972. The Balaban J connectivity index is 0.000000213. The molecule has 1 aliphatic rings. The summed E-state index contributed by atoms with van der Waals surface area (Å²) in [5.74, 6) is 1.15. The molecule has 0 atom stereocenters. The molecule has 0 unspecified atom stereocenters. The summed E-state index contributed by atoms with van der Waals surface area (Å²) in [5, 5.41) is 3.08. The van der Waals surface area contributed by atoms with E-state index in [1.165, 1.54) is 40.9 Å². The minimum Gasteiger partial charge on any atom is -0.388 e. The molecule has 1 N–H and O–H groups in total. The number of hydrogen-bond donors (Lipinski definition) is 1. The number of aromatic nitrogens is 2. The quantitative estimate of drug-likeness (QED) is 0.347. The number of aryl methyl sites for hydroxylation is 3. The van der Waals surface area contributed by atoms with E-state index in [0.29, 0.717) is 0 Å². The van der Waals surface area contributed by atoms with Crippen molar-refractivity contribution >= 4 is 11.3 Å². The Morgan fingerprint density at radius 2 is 1.50 bits per heavy atom. The molecule has 0 aliphatic heterocycles. The first-order valence-electron chi connectivity index (χ1n) is 13.5. The number of anilines is 1. The molecule has 0 fully saturated rings. The zero-order chi connectivity index (χ0) is 26.0. The summed E-state index contributed by atoms with van der Waals surface area (Å²) in [6, 6.07) is 18.9. The Hall–Kier alpha value is -3.33. The fourth-order valence-electron chi connectivity index (χ4n) is 3.88. The van der Waals surface area contributed by atoms with Crippen molar-refractivity contribution in [2.75, 3.05) is 12.4 Å². The van der Waals surface area contributed by atoms with Crippen LogP contribution in [0, 0.1) is 0 Å². The fourth-order valence-corrected chi connectivity index (χ4v) is 3.88. The molecule has 2 aromatic carbocycles. The van der Waals surface area contributed by atoms with Gasteiger partial charge in [-0.3, -0.25) is 0 Å². The maximum absolute atomic E-state index is 4.63. The van der Waals surface area contributed by atoms with E-state index >= 15 is 0 Å². The molecule has 3 nitrogen and oxygen atoms in total. The number of unbranched alkanes of at least 4 members (excludes halogenated alkanes) is 1. The van der Waals surface area contributed by atoms with E-state index in [0.717, 1.165) is 38.1 Å². The highest BCUT2D eigenvalue weighted by Crippen LogP contribution is 2.22. The van der Waals surface area contributed by atoms with Gasteiger partial charge in [-0.25, -0.2) is 4.98 Å². The van der Waals surface area contributed by atoms with Crippen LogP contribution >= 0.6 is 0 Å². The molecule has 3 aromatic rings. The first-order chi connectivity index (χ1) is 17.7. The van der Waals surface area contributed by atoms with Gasteiger partial charge in [-0.2, -0.15) is 0 Å². The van der Waals surface area contributed by atoms with Crippen molar-refractivity contribution in [3.63, 3.8) is 0 Å². The molecule has 0 bridgehead atoms. The molecule has 3 heteroatoms. The minimum absolute atomic E-state index is 0.972. The third-order valence-electron chi connectivity index (χ3n) is 6.22. The molecular weight excluding hydrogens is 438 g/mol. The van der Waals surface area contributed by atoms with Crippen LogP contribution in [0.2, 0.25) is 0 Å². The normalized spacial score (nSPS) is 12.0. The van der Waals surface area contributed by atoms with E-state index in [9.17, 15) is 0 Å². The largest absolute Gasteiger partial charge is 0.388 e. The van der Waals surface area contributed by atoms with E-state index in [1.807, 2.05) is 19.3 Å². The topological polar surface area (TPSA) is 29.9 Å². The van der Waals surface area contributed by atoms with E-state index < -0.39 is 0 Å². The summed E-state index contributed by atoms with van der Waals surface area (Å²) >= 11 is 0. The monoisotopic (exact) mass is 483 g/mol.